The molecular formula is C20H17N3O2. The molecule has 2 aromatic heterocycles. The molecule has 0 atom stereocenters. The number of fused-ring (bicyclic) bond motifs is 1. The van der Waals surface area contributed by atoms with Crippen molar-refractivity contribution in [3.63, 3.8) is 0 Å². The fraction of sp³-hybridized carbons (Fsp3) is 0.100. The number of hydrogen-bond donors (Lipinski definition) is 1. The number of nitrogens with zero attached hydrogens (tertiary/aromatic N) is 2. The van der Waals surface area contributed by atoms with E-state index < -0.39 is 0 Å². The van der Waals surface area contributed by atoms with Crippen LogP contribution in [0.1, 0.15) is 11.1 Å². The lowest BCUT2D eigenvalue weighted by atomic mass is 10.1. The highest BCUT2D eigenvalue weighted by Gasteiger charge is 2.09. The number of ether oxygens (including phenoxy) is 1. The van der Waals surface area contributed by atoms with Crippen LogP contribution in [0.25, 0.3) is 22.6 Å². The van der Waals surface area contributed by atoms with E-state index >= 15 is 0 Å². The summed E-state index contributed by atoms with van der Waals surface area (Å²) in [6.07, 6.45) is 3.45. The molecule has 0 spiro atoms. The Bertz CT molecular complexity index is 979. The summed E-state index contributed by atoms with van der Waals surface area (Å²) < 4.78 is 11.6. The maximum absolute atomic E-state index is 5.86. The van der Waals surface area contributed by atoms with Crippen molar-refractivity contribution in [2.24, 2.45) is 5.73 Å². The van der Waals surface area contributed by atoms with Crippen LogP contribution in [0.5, 0.6) is 5.75 Å². The maximum atomic E-state index is 5.86. The Labute approximate surface area is 145 Å². The highest BCUT2D eigenvalue weighted by Crippen LogP contribution is 2.26. The summed E-state index contributed by atoms with van der Waals surface area (Å²) in [5.41, 5.74) is 10.1. The fourth-order valence-electron chi connectivity index (χ4n) is 2.55. The van der Waals surface area contributed by atoms with Gasteiger partial charge in [-0.25, -0.2) is 4.98 Å². The van der Waals surface area contributed by atoms with E-state index in [4.69, 9.17) is 14.9 Å². The lowest BCUT2D eigenvalue weighted by Crippen LogP contribution is -1.98. The monoisotopic (exact) mass is 331 g/mol. The van der Waals surface area contributed by atoms with Gasteiger partial charge in [-0.05, 0) is 35.4 Å². The van der Waals surface area contributed by atoms with Gasteiger partial charge in [0.25, 0.3) is 0 Å². The van der Waals surface area contributed by atoms with Crippen LogP contribution in [-0.4, -0.2) is 9.97 Å². The topological polar surface area (TPSA) is 74.2 Å². The summed E-state index contributed by atoms with van der Waals surface area (Å²) in [4.78, 5) is 8.61. The van der Waals surface area contributed by atoms with Crippen molar-refractivity contribution in [2.45, 2.75) is 13.2 Å². The number of hydrogen-bond acceptors (Lipinski definition) is 5. The lowest BCUT2D eigenvalue weighted by molar-refractivity contribution is 0.306. The first-order chi connectivity index (χ1) is 12.3. The second kappa shape index (κ2) is 6.75. The third kappa shape index (κ3) is 3.36. The Morgan fingerprint density at radius 1 is 1.00 bits per heavy atom. The van der Waals surface area contributed by atoms with Gasteiger partial charge >= 0.3 is 0 Å². The van der Waals surface area contributed by atoms with Crippen molar-refractivity contribution in [3.05, 3.63) is 78.1 Å². The zero-order valence-corrected chi connectivity index (χ0v) is 13.6. The van der Waals surface area contributed by atoms with Crippen molar-refractivity contribution in [2.75, 3.05) is 0 Å². The van der Waals surface area contributed by atoms with Crippen LogP contribution < -0.4 is 10.5 Å². The van der Waals surface area contributed by atoms with Crippen molar-refractivity contribution >= 4 is 11.1 Å². The molecule has 2 N–H and O–H groups in total. The molecule has 124 valence electrons. The highest BCUT2D eigenvalue weighted by molar-refractivity contribution is 5.77. The first kappa shape index (κ1) is 15.4. The van der Waals surface area contributed by atoms with E-state index in [-0.39, 0.29) is 0 Å². The van der Waals surface area contributed by atoms with Gasteiger partial charge in [0, 0.05) is 25.0 Å². The van der Waals surface area contributed by atoms with Crippen LogP contribution in [0.4, 0.5) is 0 Å². The molecule has 0 aliphatic carbocycles. The van der Waals surface area contributed by atoms with Crippen LogP contribution in [0, 0.1) is 0 Å². The predicted octanol–water partition coefficient (Wildman–Crippen LogP) is 3.93. The zero-order valence-electron chi connectivity index (χ0n) is 13.6. The first-order valence-electron chi connectivity index (χ1n) is 8.03. The Morgan fingerprint density at radius 2 is 1.84 bits per heavy atom. The van der Waals surface area contributed by atoms with E-state index in [1.807, 2.05) is 54.6 Å². The summed E-state index contributed by atoms with van der Waals surface area (Å²) in [6, 6.07) is 17.5. The normalized spacial score (nSPS) is 10.9. The largest absolute Gasteiger partial charge is 0.489 e. The van der Waals surface area contributed by atoms with E-state index in [2.05, 4.69) is 9.97 Å². The fourth-order valence-corrected chi connectivity index (χ4v) is 2.55. The molecule has 0 amide bonds. The van der Waals surface area contributed by atoms with E-state index in [1.165, 1.54) is 0 Å². The Morgan fingerprint density at radius 3 is 2.60 bits per heavy atom. The van der Waals surface area contributed by atoms with Gasteiger partial charge in [0.15, 0.2) is 5.58 Å². The van der Waals surface area contributed by atoms with Crippen molar-refractivity contribution in [1.29, 1.82) is 0 Å². The quantitative estimate of drug-likeness (QED) is 0.600. The SMILES string of the molecule is NCc1ccc(COc2ccc3oc(-c4cccnc4)nc3c2)cc1. The predicted molar refractivity (Wildman–Crippen MR) is 95.9 cm³/mol. The van der Waals surface area contributed by atoms with E-state index in [0.717, 1.165) is 33.5 Å². The lowest BCUT2D eigenvalue weighted by Gasteiger charge is -2.06. The summed E-state index contributed by atoms with van der Waals surface area (Å²) in [5.74, 6) is 1.30. The number of nitrogens with two attached hydrogens (primary N) is 1. The first-order valence-corrected chi connectivity index (χ1v) is 8.03. The van der Waals surface area contributed by atoms with Gasteiger partial charge in [-0.2, -0.15) is 0 Å². The van der Waals surface area contributed by atoms with Gasteiger partial charge in [0.2, 0.25) is 5.89 Å². The molecule has 0 unspecified atom stereocenters. The van der Waals surface area contributed by atoms with E-state index in [0.29, 0.717) is 19.0 Å². The molecule has 5 heteroatoms. The Kier molecular flexibility index (Phi) is 4.14. The maximum Gasteiger partial charge on any atom is 0.228 e. The van der Waals surface area contributed by atoms with E-state index in [1.54, 1.807) is 12.4 Å². The molecule has 2 aromatic carbocycles. The molecule has 4 aromatic rings. The standard InChI is InChI=1S/C20H17N3O2/c21-11-14-3-5-15(6-4-14)13-24-17-7-8-19-18(10-17)23-20(25-19)16-2-1-9-22-12-16/h1-10,12H,11,13,21H2. The average Bonchev–Trinajstić information content (AvgIpc) is 3.11. The highest BCUT2D eigenvalue weighted by atomic mass is 16.5. The molecule has 0 fully saturated rings. The van der Waals surface area contributed by atoms with Gasteiger partial charge in [-0.15, -0.1) is 0 Å². The second-order valence-corrected chi connectivity index (χ2v) is 5.70. The molecule has 5 nitrogen and oxygen atoms in total. The summed E-state index contributed by atoms with van der Waals surface area (Å²) in [6.45, 7) is 1.03. The van der Waals surface area contributed by atoms with Crippen LogP contribution in [0.15, 0.2) is 71.4 Å². The molecule has 2 heterocycles. The summed E-state index contributed by atoms with van der Waals surface area (Å²) in [7, 11) is 0. The number of pyridine rings is 1. The van der Waals surface area contributed by atoms with Crippen molar-refractivity contribution in [1.82, 2.24) is 9.97 Å². The number of oxazole rings is 1. The molecule has 0 aliphatic heterocycles. The van der Waals surface area contributed by atoms with E-state index in [9.17, 15) is 0 Å². The van der Waals surface area contributed by atoms with Crippen LogP contribution in [-0.2, 0) is 13.2 Å². The molecule has 0 bridgehead atoms. The number of aromatic nitrogens is 2. The number of benzene rings is 2. The molecule has 0 saturated carbocycles. The van der Waals surface area contributed by atoms with Gasteiger partial charge in [-0.1, -0.05) is 24.3 Å². The average molecular weight is 331 g/mol. The molecule has 0 saturated heterocycles. The Hall–Kier alpha value is -3.18. The minimum atomic E-state index is 0.490. The second-order valence-electron chi connectivity index (χ2n) is 5.70. The van der Waals surface area contributed by atoms with Crippen LogP contribution in [0.2, 0.25) is 0 Å². The smallest absolute Gasteiger partial charge is 0.228 e. The number of rotatable bonds is 5. The van der Waals surface area contributed by atoms with Crippen LogP contribution >= 0.6 is 0 Å². The minimum absolute atomic E-state index is 0.490. The van der Waals surface area contributed by atoms with Gasteiger partial charge < -0.3 is 14.9 Å². The third-order valence-electron chi connectivity index (χ3n) is 3.93. The van der Waals surface area contributed by atoms with Gasteiger partial charge in [-0.3, -0.25) is 4.98 Å². The van der Waals surface area contributed by atoms with Gasteiger partial charge in [0.05, 0.1) is 5.56 Å². The molecule has 0 aliphatic rings. The van der Waals surface area contributed by atoms with Gasteiger partial charge in [0.1, 0.15) is 17.9 Å². The summed E-state index contributed by atoms with van der Waals surface area (Å²) >= 11 is 0. The molecule has 0 radical (unpaired) electrons. The van der Waals surface area contributed by atoms with Crippen molar-refractivity contribution in [3.8, 4) is 17.2 Å². The van der Waals surface area contributed by atoms with Crippen LogP contribution in [0.3, 0.4) is 0 Å². The molecular weight excluding hydrogens is 314 g/mol. The summed E-state index contributed by atoms with van der Waals surface area (Å²) in [5, 5.41) is 0. The Balaban J connectivity index is 1.52. The molecule has 4 rings (SSSR count). The third-order valence-corrected chi connectivity index (χ3v) is 3.93. The van der Waals surface area contributed by atoms with Crippen molar-refractivity contribution < 1.29 is 9.15 Å². The zero-order chi connectivity index (χ0) is 17.1. The minimum Gasteiger partial charge on any atom is -0.489 e. The molecule has 25 heavy (non-hydrogen) atoms.